The van der Waals surface area contributed by atoms with Crippen molar-refractivity contribution in [1.82, 2.24) is 15.1 Å². The Bertz CT molecular complexity index is 387. The standard InChI is InChI=1S/C10H12F3N3/c1-3-6-16-7-8(4-5-14-2)9(15-16)10(11,12)13/h1,7,14H,4-6H2,2H3. The van der Waals surface area contributed by atoms with Crippen LogP contribution in [0.5, 0.6) is 0 Å². The van der Waals surface area contributed by atoms with E-state index >= 15 is 0 Å². The van der Waals surface area contributed by atoms with E-state index < -0.39 is 11.9 Å². The van der Waals surface area contributed by atoms with Crippen LogP contribution >= 0.6 is 0 Å². The first-order valence-electron chi connectivity index (χ1n) is 4.70. The van der Waals surface area contributed by atoms with E-state index in [9.17, 15) is 13.2 Å². The van der Waals surface area contributed by atoms with Crippen LogP contribution in [0.25, 0.3) is 0 Å². The molecule has 0 aromatic carbocycles. The molecule has 1 heterocycles. The van der Waals surface area contributed by atoms with Gasteiger partial charge in [0, 0.05) is 11.8 Å². The minimum atomic E-state index is -4.43. The minimum Gasteiger partial charge on any atom is -0.319 e. The number of hydrogen-bond acceptors (Lipinski definition) is 2. The zero-order valence-electron chi connectivity index (χ0n) is 8.80. The molecule has 6 heteroatoms. The van der Waals surface area contributed by atoms with Gasteiger partial charge in [-0.05, 0) is 20.0 Å². The molecule has 0 radical (unpaired) electrons. The lowest BCUT2D eigenvalue weighted by Gasteiger charge is -2.05. The van der Waals surface area contributed by atoms with Crippen LogP contribution in [0.4, 0.5) is 13.2 Å². The van der Waals surface area contributed by atoms with Gasteiger partial charge in [-0.3, -0.25) is 4.68 Å². The Morgan fingerprint density at radius 2 is 2.25 bits per heavy atom. The van der Waals surface area contributed by atoms with Crippen LogP contribution in [0.1, 0.15) is 11.3 Å². The number of nitrogens with one attached hydrogen (secondary N) is 1. The summed E-state index contributed by atoms with van der Waals surface area (Å²) in [6, 6.07) is 0. The number of nitrogens with zero attached hydrogens (tertiary/aromatic N) is 2. The van der Waals surface area contributed by atoms with E-state index in [0.29, 0.717) is 6.54 Å². The lowest BCUT2D eigenvalue weighted by Crippen LogP contribution is -2.14. The second-order valence-corrected chi connectivity index (χ2v) is 3.26. The third-order valence-corrected chi connectivity index (χ3v) is 2.00. The molecule has 16 heavy (non-hydrogen) atoms. The molecule has 88 valence electrons. The monoisotopic (exact) mass is 231 g/mol. The number of hydrogen-bond donors (Lipinski definition) is 1. The highest BCUT2D eigenvalue weighted by molar-refractivity contribution is 5.21. The average molecular weight is 231 g/mol. The van der Waals surface area contributed by atoms with Gasteiger partial charge in [-0.15, -0.1) is 6.42 Å². The normalized spacial score (nSPS) is 11.4. The zero-order valence-corrected chi connectivity index (χ0v) is 8.80. The number of likely N-dealkylation sites (N-methyl/N-ethyl adjacent to an activating group) is 1. The third-order valence-electron chi connectivity index (χ3n) is 2.00. The molecule has 1 rings (SSSR count). The van der Waals surface area contributed by atoms with Gasteiger partial charge in [0.05, 0.1) is 0 Å². The summed E-state index contributed by atoms with van der Waals surface area (Å²) >= 11 is 0. The van der Waals surface area contributed by atoms with Crippen LogP contribution in [-0.4, -0.2) is 23.4 Å². The summed E-state index contributed by atoms with van der Waals surface area (Å²) in [4.78, 5) is 0. The first-order valence-corrected chi connectivity index (χ1v) is 4.70. The predicted octanol–water partition coefficient (Wildman–Crippen LogP) is 1.30. The van der Waals surface area contributed by atoms with E-state index in [1.807, 2.05) is 0 Å². The molecule has 0 spiro atoms. The number of terminal acetylenes is 1. The van der Waals surface area contributed by atoms with E-state index in [0.717, 1.165) is 4.68 Å². The average Bonchev–Trinajstić information content (AvgIpc) is 2.58. The van der Waals surface area contributed by atoms with Gasteiger partial charge in [-0.1, -0.05) is 5.92 Å². The minimum absolute atomic E-state index is 0.0443. The van der Waals surface area contributed by atoms with E-state index in [1.54, 1.807) is 7.05 Å². The Morgan fingerprint density at radius 3 is 2.75 bits per heavy atom. The molecule has 0 bridgehead atoms. The van der Waals surface area contributed by atoms with Crippen molar-refractivity contribution in [1.29, 1.82) is 0 Å². The first-order chi connectivity index (χ1) is 7.49. The number of alkyl halides is 3. The highest BCUT2D eigenvalue weighted by Gasteiger charge is 2.36. The molecule has 0 aliphatic carbocycles. The summed E-state index contributed by atoms with van der Waals surface area (Å²) < 4.78 is 38.9. The van der Waals surface area contributed by atoms with Gasteiger partial charge < -0.3 is 5.32 Å². The fourth-order valence-electron chi connectivity index (χ4n) is 1.32. The SMILES string of the molecule is C#CCn1cc(CCNC)c(C(F)(F)F)n1. The van der Waals surface area contributed by atoms with Gasteiger partial charge in [0.1, 0.15) is 6.54 Å². The molecule has 0 atom stereocenters. The molecule has 0 saturated heterocycles. The van der Waals surface area contributed by atoms with Crippen molar-refractivity contribution in [2.45, 2.75) is 19.1 Å². The Labute approximate surface area is 91.6 Å². The second kappa shape index (κ2) is 5.03. The molecule has 3 nitrogen and oxygen atoms in total. The highest BCUT2D eigenvalue weighted by Crippen LogP contribution is 2.30. The molecule has 0 saturated carbocycles. The number of halogens is 3. The summed E-state index contributed by atoms with van der Waals surface area (Å²) in [7, 11) is 1.68. The van der Waals surface area contributed by atoms with Crippen LogP contribution in [0.15, 0.2) is 6.20 Å². The molecule has 0 unspecified atom stereocenters. The molecule has 1 N–H and O–H groups in total. The van der Waals surface area contributed by atoms with Crippen molar-refractivity contribution in [2.75, 3.05) is 13.6 Å². The molecule has 0 fully saturated rings. The Hall–Kier alpha value is -1.48. The van der Waals surface area contributed by atoms with Crippen LogP contribution in [0.3, 0.4) is 0 Å². The molecule has 0 amide bonds. The van der Waals surface area contributed by atoms with Gasteiger partial charge in [-0.25, -0.2) is 0 Å². The van der Waals surface area contributed by atoms with Crippen molar-refractivity contribution >= 4 is 0 Å². The lowest BCUT2D eigenvalue weighted by molar-refractivity contribution is -0.142. The summed E-state index contributed by atoms with van der Waals surface area (Å²) in [5, 5.41) is 6.24. The zero-order chi connectivity index (χ0) is 12.2. The molecule has 0 aliphatic rings. The topological polar surface area (TPSA) is 29.9 Å². The Balaban J connectivity index is 2.99. The maximum absolute atomic E-state index is 12.6. The van der Waals surface area contributed by atoms with Crippen LogP contribution in [-0.2, 0) is 19.1 Å². The van der Waals surface area contributed by atoms with Gasteiger partial charge in [-0.2, -0.15) is 18.3 Å². The van der Waals surface area contributed by atoms with E-state index in [-0.39, 0.29) is 18.5 Å². The molecular weight excluding hydrogens is 219 g/mol. The fourth-order valence-corrected chi connectivity index (χ4v) is 1.32. The smallest absolute Gasteiger partial charge is 0.319 e. The lowest BCUT2D eigenvalue weighted by atomic mass is 10.2. The quantitative estimate of drug-likeness (QED) is 0.791. The number of aromatic nitrogens is 2. The maximum Gasteiger partial charge on any atom is 0.435 e. The largest absolute Gasteiger partial charge is 0.435 e. The van der Waals surface area contributed by atoms with Crippen molar-refractivity contribution in [3.8, 4) is 12.3 Å². The van der Waals surface area contributed by atoms with Crippen molar-refractivity contribution in [3.05, 3.63) is 17.5 Å². The molecular formula is C10H12F3N3. The molecule has 0 aliphatic heterocycles. The van der Waals surface area contributed by atoms with Crippen molar-refractivity contribution in [3.63, 3.8) is 0 Å². The van der Waals surface area contributed by atoms with Crippen molar-refractivity contribution in [2.24, 2.45) is 0 Å². The Morgan fingerprint density at radius 1 is 1.56 bits per heavy atom. The van der Waals surface area contributed by atoms with Crippen LogP contribution in [0, 0.1) is 12.3 Å². The highest BCUT2D eigenvalue weighted by atomic mass is 19.4. The Kier molecular flexibility index (Phi) is 3.96. The second-order valence-electron chi connectivity index (χ2n) is 3.26. The van der Waals surface area contributed by atoms with Gasteiger partial charge in [0.25, 0.3) is 0 Å². The fraction of sp³-hybridized carbons (Fsp3) is 0.500. The molecule has 1 aromatic heterocycles. The third kappa shape index (κ3) is 3.00. The summed E-state index contributed by atoms with van der Waals surface area (Å²) in [5.74, 6) is 2.25. The summed E-state index contributed by atoms with van der Waals surface area (Å²) in [6.07, 6.45) is 2.22. The summed E-state index contributed by atoms with van der Waals surface area (Å²) in [6.45, 7) is 0.507. The van der Waals surface area contributed by atoms with Crippen LogP contribution < -0.4 is 5.32 Å². The van der Waals surface area contributed by atoms with Gasteiger partial charge >= 0.3 is 6.18 Å². The predicted molar refractivity (Wildman–Crippen MR) is 53.7 cm³/mol. The van der Waals surface area contributed by atoms with Crippen LogP contribution in [0.2, 0.25) is 0 Å². The van der Waals surface area contributed by atoms with E-state index in [4.69, 9.17) is 6.42 Å². The first kappa shape index (κ1) is 12.6. The van der Waals surface area contributed by atoms with E-state index in [1.165, 1.54) is 6.20 Å². The van der Waals surface area contributed by atoms with Crippen molar-refractivity contribution < 1.29 is 13.2 Å². The van der Waals surface area contributed by atoms with Gasteiger partial charge in [0.2, 0.25) is 0 Å². The number of rotatable bonds is 4. The maximum atomic E-state index is 12.6. The van der Waals surface area contributed by atoms with Gasteiger partial charge in [0.15, 0.2) is 5.69 Å². The summed E-state index contributed by atoms with van der Waals surface area (Å²) in [5.41, 5.74) is -0.685. The van der Waals surface area contributed by atoms with E-state index in [2.05, 4.69) is 16.3 Å². The molecule has 1 aromatic rings.